The van der Waals surface area contributed by atoms with Crippen molar-refractivity contribution in [1.82, 2.24) is 25.9 Å². The van der Waals surface area contributed by atoms with Crippen LogP contribution in [0.4, 0.5) is 0 Å². The zero-order chi connectivity index (χ0) is 12.1. The van der Waals surface area contributed by atoms with Crippen molar-refractivity contribution in [2.75, 3.05) is 7.05 Å². The zero-order valence-corrected chi connectivity index (χ0v) is 10.3. The fourth-order valence-electron chi connectivity index (χ4n) is 1.21. The first-order valence-corrected chi connectivity index (χ1v) is 5.31. The quantitative estimate of drug-likeness (QED) is 0.500. The van der Waals surface area contributed by atoms with Crippen LogP contribution in [0, 0.1) is 6.92 Å². The van der Waals surface area contributed by atoms with Gasteiger partial charge in [-0.25, -0.2) is 0 Å². The van der Waals surface area contributed by atoms with Gasteiger partial charge >= 0.3 is 0 Å². The summed E-state index contributed by atoms with van der Waals surface area (Å²) in [5.74, 6) is -0.264. The number of aryl methyl sites for hydroxylation is 2. The molecule has 7 heteroatoms. The molecule has 0 unspecified atom stereocenters. The van der Waals surface area contributed by atoms with Crippen LogP contribution >= 0.6 is 12.2 Å². The van der Waals surface area contributed by atoms with Gasteiger partial charge in [0.2, 0.25) is 0 Å². The molecule has 1 aromatic heterocycles. The Kier molecular flexibility index (Phi) is 4.24. The minimum atomic E-state index is -0.264. The van der Waals surface area contributed by atoms with Crippen LogP contribution in [-0.2, 0) is 6.54 Å². The normalized spacial score (nSPS) is 9.69. The number of thiocarbonyl (C=S) groups is 1. The molecule has 1 rings (SSSR count). The second-order valence-electron chi connectivity index (χ2n) is 3.14. The van der Waals surface area contributed by atoms with Crippen molar-refractivity contribution >= 4 is 23.2 Å². The van der Waals surface area contributed by atoms with Crippen molar-refractivity contribution in [2.24, 2.45) is 0 Å². The lowest BCUT2D eigenvalue weighted by molar-refractivity contribution is 0.0933. The summed E-state index contributed by atoms with van der Waals surface area (Å²) in [4.78, 5) is 11.7. The van der Waals surface area contributed by atoms with Crippen LogP contribution in [0.15, 0.2) is 6.07 Å². The molecule has 0 atom stereocenters. The van der Waals surface area contributed by atoms with Crippen molar-refractivity contribution in [3.63, 3.8) is 0 Å². The predicted molar refractivity (Wildman–Crippen MR) is 64.9 cm³/mol. The summed E-state index contributed by atoms with van der Waals surface area (Å²) in [5, 5.41) is 7.22. The molecule has 0 bridgehead atoms. The number of nitrogens with one attached hydrogen (secondary N) is 3. The fourth-order valence-corrected chi connectivity index (χ4v) is 1.26. The van der Waals surface area contributed by atoms with Crippen LogP contribution in [0.25, 0.3) is 0 Å². The minimum absolute atomic E-state index is 0.264. The predicted octanol–water partition coefficient (Wildman–Crippen LogP) is -0.0499. The average molecular weight is 241 g/mol. The number of hydrogen-bond acceptors (Lipinski definition) is 3. The summed E-state index contributed by atoms with van der Waals surface area (Å²) in [6, 6.07) is 1.73. The monoisotopic (exact) mass is 241 g/mol. The minimum Gasteiger partial charge on any atom is -0.364 e. The number of hydrogen-bond donors (Lipinski definition) is 3. The van der Waals surface area contributed by atoms with Crippen LogP contribution in [0.3, 0.4) is 0 Å². The highest BCUT2D eigenvalue weighted by molar-refractivity contribution is 7.80. The van der Waals surface area contributed by atoms with Gasteiger partial charge in [-0.2, -0.15) is 5.10 Å². The van der Waals surface area contributed by atoms with E-state index in [9.17, 15) is 4.79 Å². The molecular weight excluding hydrogens is 226 g/mol. The van der Waals surface area contributed by atoms with Crippen molar-refractivity contribution < 1.29 is 4.79 Å². The summed E-state index contributed by atoms with van der Waals surface area (Å²) in [7, 11) is 1.67. The molecule has 0 radical (unpaired) electrons. The third-order valence-electron chi connectivity index (χ3n) is 1.95. The van der Waals surface area contributed by atoms with Crippen LogP contribution in [0.2, 0.25) is 0 Å². The maximum Gasteiger partial charge on any atom is 0.287 e. The molecule has 0 aromatic carbocycles. The van der Waals surface area contributed by atoms with Gasteiger partial charge in [-0.1, -0.05) is 0 Å². The Morgan fingerprint density at radius 2 is 2.25 bits per heavy atom. The molecule has 0 fully saturated rings. The number of carbonyl (C=O) groups is 1. The standard InChI is InChI=1S/C9H15N5OS/c1-4-14-7(5-6(2)13-14)8(15)11-12-9(16)10-3/h5H,4H2,1-3H3,(H,11,15)(H2,10,12,16). The molecule has 0 aliphatic carbocycles. The molecule has 1 heterocycles. The SMILES string of the molecule is CCn1nc(C)cc1C(=O)NNC(=S)NC. The number of rotatable bonds is 2. The van der Waals surface area contributed by atoms with E-state index in [-0.39, 0.29) is 5.91 Å². The summed E-state index contributed by atoms with van der Waals surface area (Å²) in [5.41, 5.74) is 6.37. The van der Waals surface area contributed by atoms with E-state index in [4.69, 9.17) is 12.2 Å². The van der Waals surface area contributed by atoms with Gasteiger partial charge in [-0.15, -0.1) is 0 Å². The van der Waals surface area contributed by atoms with E-state index in [2.05, 4.69) is 21.3 Å². The van der Waals surface area contributed by atoms with Crippen molar-refractivity contribution in [3.8, 4) is 0 Å². The highest BCUT2D eigenvalue weighted by Crippen LogP contribution is 2.02. The first-order chi connectivity index (χ1) is 7.58. The molecule has 88 valence electrons. The second kappa shape index (κ2) is 5.45. The Bertz CT molecular complexity index is 401. The number of carbonyl (C=O) groups excluding carboxylic acids is 1. The van der Waals surface area contributed by atoms with Crippen molar-refractivity contribution in [1.29, 1.82) is 0 Å². The van der Waals surface area contributed by atoms with Crippen LogP contribution < -0.4 is 16.2 Å². The smallest absolute Gasteiger partial charge is 0.287 e. The Labute approximate surface area is 99.4 Å². The van der Waals surface area contributed by atoms with E-state index < -0.39 is 0 Å². The number of amides is 1. The number of aromatic nitrogens is 2. The van der Waals surface area contributed by atoms with Crippen LogP contribution in [0.5, 0.6) is 0 Å². The molecule has 0 spiro atoms. The number of nitrogens with zero attached hydrogens (tertiary/aromatic N) is 2. The lowest BCUT2D eigenvalue weighted by atomic mass is 10.3. The third kappa shape index (κ3) is 2.93. The number of hydrazine groups is 1. The van der Waals surface area contributed by atoms with E-state index in [0.717, 1.165) is 5.69 Å². The zero-order valence-electron chi connectivity index (χ0n) is 9.50. The van der Waals surface area contributed by atoms with Gasteiger partial charge in [0.25, 0.3) is 5.91 Å². The summed E-state index contributed by atoms with van der Waals surface area (Å²) in [6.45, 7) is 4.41. The summed E-state index contributed by atoms with van der Waals surface area (Å²) >= 11 is 4.83. The van der Waals surface area contributed by atoms with E-state index in [1.54, 1.807) is 17.8 Å². The van der Waals surface area contributed by atoms with E-state index in [0.29, 0.717) is 17.4 Å². The summed E-state index contributed by atoms with van der Waals surface area (Å²) in [6.07, 6.45) is 0. The van der Waals surface area contributed by atoms with E-state index in [1.165, 1.54) is 0 Å². The van der Waals surface area contributed by atoms with Gasteiger partial charge in [-0.3, -0.25) is 20.3 Å². The van der Waals surface area contributed by atoms with Crippen LogP contribution in [0.1, 0.15) is 23.1 Å². The van der Waals surface area contributed by atoms with Gasteiger partial charge in [0.05, 0.1) is 5.69 Å². The van der Waals surface area contributed by atoms with Crippen molar-refractivity contribution in [2.45, 2.75) is 20.4 Å². The highest BCUT2D eigenvalue weighted by Gasteiger charge is 2.12. The molecule has 0 saturated carbocycles. The second-order valence-corrected chi connectivity index (χ2v) is 3.55. The lowest BCUT2D eigenvalue weighted by Crippen LogP contribution is -2.46. The topological polar surface area (TPSA) is 71.0 Å². The Morgan fingerprint density at radius 1 is 1.56 bits per heavy atom. The molecule has 0 aliphatic rings. The van der Waals surface area contributed by atoms with Crippen molar-refractivity contribution in [3.05, 3.63) is 17.5 Å². The molecular formula is C9H15N5OS. The first kappa shape index (κ1) is 12.4. The van der Waals surface area contributed by atoms with Gasteiger partial charge in [0.15, 0.2) is 5.11 Å². The maximum absolute atomic E-state index is 11.7. The van der Waals surface area contributed by atoms with Gasteiger partial charge in [0.1, 0.15) is 5.69 Å². The molecule has 6 nitrogen and oxygen atoms in total. The molecule has 0 saturated heterocycles. The molecule has 16 heavy (non-hydrogen) atoms. The largest absolute Gasteiger partial charge is 0.364 e. The lowest BCUT2D eigenvalue weighted by Gasteiger charge is -2.09. The van der Waals surface area contributed by atoms with Gasteiger partial charge in [-0.05, 0) is 32.1 Å². The third-order valence-corrected chi connectivity index (χ3v) is 2.26. The molecule has 3 N–H and O–H groups in total. The first-order valence-electron chi connectivity index (χ1n) is 4.91. The molecule has 1 amide bonds. The van der Waals surface area contributed by atoms with Crippen LogP contribution in [-0.4, -0.2) is 27.8 Å². The molecule has 1 aromatic rings. The van der Waals surface area contributed by atoms with E-state index >= 15 is 0 Å². The summed E-state index contributed by atoms with van der Waals surface area (Å²) < 4.78 is 1.63. The average Bonchev–Trinajstić information content (AvgIpc) is 2.66. The fraction of sp³-hybridized carbons (Fsp3) is 0.444. The maximum atomic E-state index is 11.7. The Balaban J connectivity index is 2.68. The van der Waals surface area contributed by atoms with E-state index in [1.807, 2.05) is 13.8 Å². The highest BCUT2D eigenvalue weighted by atomic mass is 32.1. The van der Waals surface area contributed by atoms with Gasteiger partial charge < -0.3 is 5.32 Å². The Morgan fingerprint density at radius 3 is 2.81 bits per heavy atom. The Hall–Kier alpha value is -1.63. The molecule has 0 aliphatic heterocycles. The van der Waals surface area contributed by atoms with Gasteiger partial charge in [0, 0.05) is 13.6 Å².